The number of carbonyl (C=O) groups is 1. The van der Waals surface area contributed by atoms with E-state index in [4.69, 9.17) is 16.3 Å². The first-order chi connectivity index (χ1) is 11.1. The van der Waals surface area contributed by atoms with E-state index >= 15 is 0 Å². The van der Waals surface area contributed by atoms with E-state index in [2.05, 4.69) is 17.2 Å². The van der Waals surface area contributed by atoms with E-state index in [1.165, 1.54) is 12.1 Å². The summed E-state index contributed by atoms with van der Waals surface area (Å²) < 4.78 is 18.5. The summed E-state index contributed by atoms with van der Waals surface area (Å²) in [6.45, 7) is 0.546. The Morgan fingerprint density at radius 2 is 2.00 bits per heavy atom. The first-order valence-corrected chi connectivity index (χ1v) is 7.41. The number of hydrogen-bond donors (Lipinski definition) is 1. The van der Waals surface area contributed by atoms with Crippen molar-refractivity contribution in [3.63, 3.8) is 0 Å². The summed E-state index contributed by atoms with van der Waals surface area (Å²) in [4.78, 5) is 11.5. The van der Waals surface area contributed by atoms with Gasteiger partial charge in [-0.3, -0.25) is 0 Å². The monoisotopic (exact) mass is 331 g/mol. The van der Waals surface area contributed by atoms with Crippen LogP contribution in [0.25, 0.3) is 0 Å². The van der Waals surface area contributed by atoms with Gasteiger partial charge in [0.2, 0.25) is 0 Å². The molecule has 0 spiro atoms. The fraction of sp³-hybridized carbons (Fsp3) is 0.167. The van der Waals surface area contributed by atoms with Gasteiger partial charge in [0.15, 0.2) is 0 Å². The highest BCUT2D eigenvalue weighted by Crippen LogP contribution is 2.13. The molecule has 0 fully saturated rings. The van der Waals surface area contributed by atoms with E-state index in [0.29, 0.717) is 18.0 Å². The zero-order valence-corrected chi connectivity index (χ0v) is 13.1. The zero-order chi connectivity index (χ0) is 16.5. The van der Waals surface area contributed by atoms with Crippen molar-refractivity contribution in [2.75, 3.05) is 6.54 Å². The number of halogens is 2. The molecule has 0 aliphatic heterocycles. The average molecular weight is 332 g/mol. The maximum absolute atomic E-state index is 13.5. The van der Waals surface area contributed by atoms with E-state index < -0.39 is 11.9 Å². The highest BCUT2D eigenvalue weighted by Gasteiger charge is 2.01. The third-order valence-corrected chi connectivity index (χ3v) is 3.12. The predicted octanol–water partition coefficient (Wildman–Crippen LogP) is 4.15. The molecule has 118 valence electrons. The van der Waals surface area contributed by atoms with Gasteiger partial charge in [0.05, 0.1) is 5.56 Å². The molecule has 0 aliphatic rings. The van der Waals surface area contributed by atoms with Crippen molar-refractivity contribution < 1.29 is 13.9 Å². The van der Waals surface area contributed by atoms with Crippen LogP contribution in [0, 0.1) is 17.7 Å². The Kier molecular flexibility index (Phi) is 6.46. The van der Waals surface area contributed by atoms with Crippen LogP contribution in [0.1, 0.15) is 17.5 Å². The largest absolute Gasteiger partial charge is 0.445 e. The number of nitrogens with one attached hydrogen (secondary N) is 1. The molecular weight excluding hydrogens is 317 g/mol. The van der Waals surface area contributed by atoms with Gasteiger partial charge in [0.1, 0.15) is 12.4 Å². The molecule has 5 heteroatoms. The molecule has 1 N–H and O–H groups in total. The third kappa shape index (κ3) is 6.01. The van der Waals surface area contributed by atoms with E-state index in [0.717, 1.165) is 5.56 Å². The van der Waals surface area contributed by atoms with E-state index in [1.807, 2.05) is 30.3 Å². The molecule has 0 saturated carbocycles. The summed E-state index contributed by atoms with van der Waals surface area (Å²) in [6.07, 6.45) is -0.115. The fourth-order valence-corrected chi connectivity index (χ4v) is 1.91. The van der Waals surface area contributed by atoms with Gasteiger partial charge in [-0.05, 0) is 23.8 Å². The van der Waals surface area contributed by atoms with E-state index in [1.54, 1.807) is 6.07 Å². The van der Waals surface area contributed by atoms with E-state index in [-0.39, 0.29) is 12.2 Å². The molecule has 23 heavy (non-hydrogen) atoms. The quantitative estimate of drug-likeness (QED) is 0.675. The maximum atomic E-state index is 13.5. The van der Waals surface area contributed by atoms with Crippen LogP contribution in [0.2, 0.25) is 5.02 Å². The molecular formula is C18H15ClFNO2. The number of benzene rings is 2. The fourth-order valence-electron chi connectivity index (χ4n) is 1.75. The minimum Gasteiger partial charge on any atom is -0.445 e. The normalized spacial score (nSPS) is 9.65. The second kappa shape index (κ2) is 8.82. The van der Waals surface area contributed by atoms with Crippen molar-refractivity contribution in [1.29, 1.82) is 0 Å². The van der Waals surface area contributed by atoms with Crippen molar-refractivity contribution in [3.05, 3.63) is 70.5 Å². The van der Waals surface area contributed by atoms with Gasteiger partial charge >= 0.3 is 6.09 Å². The average Bonchev–Trinajstić information content (AvgIpc) is 2.55. The minimum absolute atomic E-state index is 0.217. The van der Waals surface area contributed by atoms with Gasteiger partial charge in [0.25, 0.3) is 0 Å². The Morgan fingerprint density at radius 1 is 1.22 bits per heavy atom. The van der Waals surface area contributed by atoms with Crippen LogP contribution in [0.5, 0.6) is 0 Å². The first-order valence-electron chi connectivity index (χ1n) is 7.03. The molecule has 2 aromatic carbocycles. The lowest BCUT2D eigenvalue weighted by atomic mass is 10.2. The Balaban J connectivity index is 1.69. The number of hydrogen-bond acceptors (Lipinski definition) is 2. The summed E-state index contributed by atoms with van der Waals surface area (Å²) in [5, 5.41) is 2.91. The van der Waals surface area contributed by atoms with Crippen molar-refractivity contribution in [3.8, 4) is 11.8 Å². The molecule has 2 aromatic rings. The van der Waals surface area contributed by atoms with Gasteiger partial charge in [-0.2, -0.15) is 0 Å². The van der Waals surface area contributed by atoms with Gasteiger partial charge in [0, 0.05) is 18.0 Å². The van der Waals surface area contributed by atoms with Crippen LogP contribution in [0.4, 0.5) is 9.18 Å². The predicted molar refractivity (Wildman–Crippen MR) is 87.5 cm³/mol. The second-order valence-electron chi connectivity index (χ2n) is 4.66. The number of ether oxygens (including phenoxy) is 1. The molecule has 0 aromatic heterocycles. The van der Waals surface area contributed by atoms with Crippen LogP contribution in [-0.4, -0.2) is 12.6 Å². The Labute approximate surface area is 139 Å². The van der Waals surface area contributed by atoms with Crippen molar-refractivity contribution in [2.24, 2.45) is 0 Å². The Bertz CT molecular complexity index is 723. The maximum Gasteiger partial charge on any atom is 0.407 e. The lowest BCUT2D eigenvalue weighted by Gasteiger charge is -2.05. The standard InChI is InChI=1S/C18H15ClFNO2/c19-16-10-9-15(17(20)12-16)8-4-5-11-21-18(22)23-13-14-6-2-1-3-7-14/h1-3,6-7,9-10,12H,5,11,13H2,(H,21,22). The van der Waals surface area contributed by atoms with Crippen LogP contribution in [-0.2, 0) is 11.3 Å². The topological polar surface area (TPSA) is 38.3 Å². The SMILES string of the molecule is O=C(NCCC#Cc1ccc(Cl)cc1F)OCc1ccccc1. The first kappa shape index (κ1) is 16.9. The number of carbonyl (C=O) groups excluding carboxylic acids is 1. The van der Waals surface area contributed by atoms with Crippen molar-refractivity contribution >= 4 is 17.7 Å². The molecule has 0 heterocycles. The molecule has 0 radical (unpaired) electrons. The van der Waals surface area contributed by atoms with Crippen molar-refractivity contribution in [2.45, 2.75) is 13.0 Å². The van der Waals surface area contributed by atoms with Gasteiger partial charge in [-0.15, -0.1) is 0 Å². The second-order valence-corrected chi connectivity index (χ2v) is 5.10. The minimum atomic E-state index is -0.506. The molecule has 0 unspecified atom stereocenters. The number of alkyl carbamates (subject to hydrolysis) is 1. The van der Waals surface area contributed by atoms with Crippen LogP contribution < -0.4 is 5.32 Å². The highest BCUT2D eigenvalue weighted by atomic mass is 35.5. The number of amides is 1. The van der Waals surface area contributed by atoms with Gasteiger partial charge < -0.3 is 10.1 Å². The molecule has 0 aliphatic carbocycles. The molecule has 3 nitrogen and oxygen atoms in total. The molecule has 0 saturated heterocycles. The Hall–Kier alpha value is -2.51. The zero-order valence-electron chi connectivity index (χ0n) is 12.3. The lowest BCUT2D eigenvalue weighted by molar-refractivity contribution is 0.140. The van der Waals surface area contributed by atoms with E-state index in [9.17, 15) is 9.18 Å². The molecule has 1 amide bonds. The molecule has 0 bridgehead atoms. The Morgan fingerprint density at radius 3 is 2.74 bits per heavy atom. The summed E-state index contributed by atoms with van der Waals surface area (Å²) >= 11 is 5.66. The van der Waals surface area contributed by atoms with Crippen LogP contribution in [0.15, 0.2) is 48.5 Å². The summed E-state index contributed by atoms with van der Waals surface area (Å²) in [6, 6.07) is 13.7. The molecule has 0 atom stereocenters. The van der Waals surface area contributed by atoms with Crippen molar-refractivity contribution in [1.82, 2.24) is 5.32 Å². The van der Waals surface area contributed by atoms with Crippen LogP contribution >= 0.6 is 11.6 Å². The van der Waals surface area contributed by atoms with Gasteiger partial charge in [-0.25, -0.2) is 9.18 Å². The lowest BCUT2D eigenvalue weighted by Crippen LogP contribution is -2.24. The molecule has 2 rings (SSSR count). The summed E-state index contributed by atoms with van der Waals surface area (Å²) in [5.41, 5.74) is 1.20. The summed E-state index contributed by atoms with van der Waals surface area (Å²) in [7, 11) is 0. The third-order valence-electron chi connectivity index (χ3n) is 2.89. The van der Waals surface area contributed by atoms with Gasteiger partial charge in [-0.1, -0.05) is 53.8 Å². The van der Waals surface area contributed by atoms with Crippen LogP contribution in [0.3, 0.4) is 0 Å². The smallest absolute Gasteiger partial charge is 0.407 e. The summed E-state index contributed by atoms with van der Waals surface area (Å²) in [5.74, 6) is 5.03. The highest BCUT2D eigenvalue weighted by molar-refractivity contribution is 6.30. The number of rotatable bonds is 4.